The number of nitrogens with zero attached hydrogens (tertiary/aromatic N) is 3. The molecular formula is C31H31N3O4. The molecule has 7 nitrogen and oxygen atoms in total. The highest BCUT2D eigenvalue weighted by atomic mass is 16.5. The van der Waals surface area contributed by atoms with Crippen LogP contribution >= 0.6 is 0 Å². The lowest BCUT2D eigenvalue weighted by Gasteiger charge is -2.22. The first-order valence-corrected chi connectivity index (χ1v) is 12.7. The van der Waals surface area contributed by atoms with Gasteiger partial charge in [0.05, 0.1) is 0 Å². The van der Waals surface area contributed by atoms with Gasteiger partial charge in [0, 0.05) is 36.4 Å². The van der Waals surface area contributed by atoms with Gasteiger partial charge in [0.25, 0.3) is 0 Å². The van der Waals surface area contributed by atoms with Crippen molar-refractivity contribution in [2.75, 3.05) is 13.1 Å². The van der Waals surface area contributed by atoms with Crippen molar-refractivity contribution in [3.63, 3.8) is 0 Å². The first-order valence-electron chi connectivity index (χ1n) is 12.7. The summed E-state index contributed by atoms with van der Waals surface area (Å²) in [5.41, 5.74) is 3.75. The Balaban J connectivity index is 1.48. The van der Waals surface area contributed by atoms with Crippen molar-refractivity contribution in [1.82, 2.24) is 5.01 Å². The summed E-state index contributed by atoms with van der Waals surface area (Å²) in [5, 5.41) is 10.9. The van der Waals surface area contributed by atoms with E-state index in [1.165, 1.54) is 18.6 Å². The Morgan fingerprint density at radius 2 is 1.18 bits per heavy atom. The topological polar surface area (TPSA) is 80.6 Å². The van der Waals surface area contributed by atoms with Crippen LogP contribution in [0, 0.1) is 0 Å². The Kier molecular flexibility index (Phi) is 9.97. The number of hydrogen-bond donors (Lipinski definition) is 0. The number of hydrogen-bond acceptors (Lipinski definition) is 6. The van der Waals surface area contributed by atoms with Crippen LogP contribution in [0.3, 0.4) is 0 Å². The molecular weight excluding hydrogens is 478 g/mol. The number of carbonyl (C=O) groups excluding carboxylic acids is 2. The van der Waals surface area contributed by atoms with E-state index in [1.807, 2.05) is 83.9 Å². The molecule has 1 aliphatic heterocycles. The molecule has 1 saturated heterocycles. The molecule has 1 fully saturated rings. The predicted octanol–water partition coefficient (Wildman–Crippen LogP) is 6.68. The maximum absolute atomic E-state index is 12.3. The van der Waals surface area contributed by atoms with Gasteiger partial charge in [-0.15, -0.1) is 5.11 Å². The molecule has 0 saturated carbocycles. The van der Waals surface area contributed by atoms with E-state index in [2.05, 4.69) is 10.3 Å². The number of esters is 2. The van der Waals surface area contributed by atoms with Gasteiger partial charge < -0.3 is 9.47 Å². The van der Waals surface area contributed by atoms with Crippen molar-refractivity contribution in [1.29, 1.82) is 0 Å². The van der Waals surface area contributed by atoms with Crippen LogP contribution < -0.4 is 0 Å². The summed E-state index contributed by atoms with van der Waals surface area (Å²) >= 11 is 0. The van der Waals surface area contributed by atoms with Crippen molar-refractivity contribution >= 4 is 29.8 Å². The molecule has 0 aliphatic carbocycles. The highest BCUT2D eigenvalue weighted by Crippen LogP contribution is 2.28. The summed E-state index contributed by atoms with van der Waals surface area (Å²) < 4.78 is 10.7. The van der Waals surface area contributed by atoms with Crippen molar-refractivity contribution in [3.8, 4) is 0 Å². The quantitative estimate of drug-likeness (QED) is 0.173. The molecule has 0 unspecified atom stereocenters. The van der Waals surface area contributed by atoms with Crippen LogP contribution in [0.25, 0.3) is 12.2 Å². The normalized spacial score (nSPS) is 13.8. The van der Waals surface area contributed by atoms with E-state index in [0.29, 0.717) is 16.8 Å². The lowest BCUT2D eigenvalue weighted by atomic mass is 10.1. The fraction of sp³-hybridized carbons (Fsp3) is 0.226. The van der Waals surface area contributed by atoms with Crippen LogP contribution in [0.1, 0.15) is 41.5 Å². The lowest BCUT2D eigenvalue weighted by molar-refractivity contribution is -0.139. The maximum atomic E-state index is 12.3. The van der Waals surface area contributed by atoms with E-state index in [9.17, 15) is 9.59 Å². The fourth-order valence-electron chi connectivity index (χ4n) is 3.91. The average Bonchev–Trinajstić information content (AvgIpc) is 2.97. The van der Waals surface area contributed by atoms with Gasteiger partial charge in [0.2, 0.25) is 0 Å². The van der Waals surface area contributed by atoms with E-state index in [0.717, 1.165) is 37.1 Å². The van der Waals surface area contributed by atoms with Gasteiger partial charge in [-0.1, -0.05) is 84.1 Å². The van der Waals surface area contributed by atoms with Crippen molar-refractivity contribution in [2.24, 2.45) is 10.3 Å². The first kappa shape index (κ1) is 26.5. The van der Waals surface area contributed by atoms with E-state index in [1.54, 1.807) is 12.2 Å². The van der Waals surface area contributed by atoms with Crippen LogP contribution in [-0.4, -0.2) is 30.0 Å². The molecule has 0 bridgehead atoms. The molecule has 0 atom stereocenters. The van der Waals surface area contributed by atoms with Gasteiger partial charge in [0.15, 0.2) is 0 Å². The molecule has 194 valence electrons. The minimum atomic E-state index is -0.460. The number of carbonyl (C=O) groups is 2. The molecule has 0 N–H and O–H groups in total. The zero-order chi connectivity index (χ0) is 26.4. The molecule has 1 aliphatic rings. The number of piperidine rings is 1. The van der Waals surface area contributed by atoms with Gasteiger partial charge in [-0.2, -0.15) is 0 Å². The van der Waals surface area contributed by atoms with E-state index in [-0.39, 0.29) is 13.2 Å². The second-order valence-electron chi connectivity index (χ2n) is 8.84. The molecule has 3 aromatic carbocycles. The van der Waals surface area contributed by atoms with Gasteiger partial charge in [-0.05, 0) is 42.5 Å². The van der Waals surface area contributed by atoms with Crippen LogP contribution in [0.4, 0.5) is 5.69 Å². The molecule has 0 amide bonds. The molecule has 3 aromatic rings. The second-order valence-corrected chi connectivity index (χ2v) is 8.84. The summed E-state index contributed by atoms with van der Waals surface area (Å²) in [5.74, 6) is -0.920. The third kappa shape index (κ3) is 8.55. The van der Waals surface area contributed by atoms with E-state index in [4.69, 9.17) is 9.47 Å². The summed E-state index contributed by atoms with van der Waals surface area (Å²) in [4.78, 5) is 24.7. The van der Waals surface area contributed by atoms with Crippen LogP contribution in [0.5, 0.6) is 0 Å². The van der Waals surface area contributed by atoms with Gasteiger partial charge in [-0.3, -0.25) is 5.01 Å². The highest BCUT2D eigenvalue weighted by molar-refractivity contribution is 5.91. The Labute approximate surface area is 223 Å². The Morgan fingerprint density at radius 3 is 1.68 bits per heavy atom. The van der Waals surface area contributed by atoms with Crippen molar-refractivity contribution in [2.45, 2.75) is 32.5 Å². The van der Waals surface area contributed by atoms with Crippen molar-refractivity contribution < 1.29 is 19.1 Å². The summed E-state index contributed by atoms with van der Waals surface area (Å²) in [6, 6.07) is 24.5. The molecule has 0 radical (unpaired) electrons. The van der Waals surface area contributed by atoms with Crippen molar-refractivity contribution in [3.05, 3.63) is 113 Å². The SMILES string of the molecule is O=C(/C=C/c1cccc(/C=C/C(=O)OCc2ccccc2)c1N=NN1CCCCC1)OCc1ccccc1. The Bertz CT molecular complexity index is 1200. The largest absolute Gasteiger partial charge is 0.458 e. The minimum absolute atomic E-state index is 0.194. The molecule has 1 heterocycles. The number of benzene rings is 3. The monoisotopic (exact) mass is 509 g/mol. The number of rotatable bonds is 10. The van der Waals surface area contributed by atoms with Gasteiger partial charge >= 0.3 is 11.9 Å². The fourth-order valence-corrected chi connectivity index (χ4v) is 3.91. The molecule has 4 rings (SSSR count). The third-order valence-electron chi connectivity index (χ3n) is 5.95. The average molecular weight is 510 g/mol. The Morgan fingerprint density at radius 1 is 0.684 bits per heavy atom. The van der Waals surface area contributed by atoms with Crippen LogP contribution in [-0.2, 0) is 32.3 Å². The molecule has 0 aromatic heterocycles. The predicted molar refractivity (Wildman–Crippen MR) is 147 cm³/mol. The lowest BCUT2D eigenvalue weighted by Crippen LogP contribution is -2.23. The van der Waals surface area contributed by atoms with Crippen LogP contribution in [0.15, 0.2) is 101 Å². The van der Waals surface area contributed by atoms with E-state index < -0.39 is 11.9 Å². The smallest absolute Gasteiger partial charge is 0.331 e. The zero-order valence-electron chi connectivity index (χ0n) is 21.2. The second kappa shape index (κ2) is 14.3. The highest BCUT2D eigenvalue weighted by Gasteiger charge is 2.10. The van der Waals surface area contributed by atoms with Gasteiger partial charge in [0.1, 0.15) is 18.9 Å². The molecule has 38 heavy (non-hydrogen) atoms. The molecule has 7 heteroatoms. The standard InChI is InChI=1S/C31H31N3O4/c35-29(37-23-25-11-4-1-5-12-25)19-17-27-15-10-16-28(31(27)32-33-34-21-8-3-9-22-34)18-20-30(36)38-24-26-13-6-2-7-14-26/h1-2,4-7,10-20H,3,8-9,21-24H2/b19-17+,20-18+,33-32?. The maximum Gasteiger partial charge on any atom is 0.331 e. The summed E-state index contributed by atoms with van der Waals surface area (Å²) in [6.45, 7) is 2.09. The summed E-state index contributed by atoms with van der Waals surface area (Å²) in [7, 11) is 0. The molecule has 0 spiro atoms. The zero-order valence-corrected chi connectivity index (χ0v) is 21.2. The first-order chi connectivity index (χ1) is 18.7. The summed E-state index contributed by atoms with van der Waals surface area (Å²) in [6.07, 6.45) is 9.41. The minimum Gasteiger partial charge on any atom is -0.458 e. The third-order valence-corrected chi connectivity index (χ3v) is 5.95. The van der Waals surface area contributed by atoms with E-state index >= 15 is 0 Å². The van der Waals surface area contributed by atoms with Gasteiger partial charge in [-0.25, -0.2) is 9.59 Å². The number of ether oxygens (including phenoxy) is 2. The van der Waals surface area contributed by atoms with Crippen LogP contribution in [0.2, 0.25) is 0 Å². The Hall–Kier alpha value is -4.52.